The molecule has 4 saturated carbocycles. The average molecular weight is 2710 g/mol. The van der Waals surface area contributed by atoms with Crippen LogP contribution in [0.25, 0.3) is 118 Å². The van der Waals surface area contributed by atoms with Gasteiger partial charge in [-0.05, 0) is 214 Å². The Morgan fingerprint density at radius 1 is 0.299 bits per heavy atom. The molecule has 147 heavy (non-hydrogen) atoms. The van der Waals surface area contributed by atoms with Crippen molar-refractivity contribution in [2.75, 3.05) is 0 Å². The molecule has 9 heterocycles. The van der Waals surface area contributed by atoms with Crippen LogP contribution in [0.4, 0.5) is 0 Å². The molecule has 0 unspecified atom stereocenters. The standard InChI is InChI=1S/C37H39N2Si.C17H22NSi.2C16H20NSi.4C11H8N.4Ir/c1-40(2,3)37-23-38-34(22-29(37)21-32-27-16-24-15-25(18-27)19-28(32)17-24)26-13-14-36-33(20-26)31-11-7-8-12-35(31)39(36)30-9-5-4-6-10-30;1-5-9-15-12-16(14-10-7-6-8-11-14)18-13-17(15)19(2,3)4;2*1-5-13-11-15(14-9-7-6-8-10-14)17-12-16(13)18(2,3)4;4*1-2-6-10(7-3-1)11-8-4-5-9-12-11;;;;/h4-12,14,20,22-25,27-28,32H,15-19,21H2,1-3H3;6-8,10,12-13H,5,9H2,1-4H3;2*6-9,11-12H,5H2,1-4H3;4*1-6,8-9H;;;;/q8*-1;;;;/i;;;;2*1D,2D,3D,6D;1D,2D,3D;;;;;. The molecule has 17 heteroatoms. The zero-order valence-electron chi connectivity index (χ0n) is 97.3. The number of benzene rings is 10. The van der Waals surface area contributed by atoms with Crippen LogP contribution in [0.2, 0.25) is 78.6 Å². The number of rotatable bonds is 19. The summed E-state index contributed by atoms with van der Waals surface area (Å²) in [7, 11) is -5.42. The number of para-hydroxylation sites is 2. The van der Waals surface area contributed by atoms with Gasteiger partial charge < -0.3 is 44.4 Å². The molecule has 4 aliphatic carbocycles. The molecule has 0 aliphatic heterocycles. The van der Waals surface area contributed by atoms with E-state index in [-0.39, 0.29) is 147 Å². The van der Waals surface area contributed by atoms with Crippen molar-refractivity contribution in [3.63, 3.8) is 0 Å². The fraction of sp³-hybridized carbons (Fsp3) is 0.231. The van der Waals surface area contributed by atoms with E-state index in [2.05, 4.69) is 321 Å². The third kappa shape index (κ3) is 32.1. The summed E-state index contributed by atoms with van der Waals surface area (Å²) in [5, 5.41) is 8.56. The Kier molecular flexibility index (Phi) is 38.4. The van der Waals surface area contributed by atoms with Gasteiger partial charge in [0.25, 0.3) is 0 Å². The molecular weight excluding hydrogens is 2570 g/mol. The van der Waals surface area contributed by atoms with Gasteiger partial charge in [-0.3, -0.25) is 0 Å². The van der Waals surface area contributed by atoms with E-state index >= 15 is 0 Å². The zero-order chi connectivity index (χ0) is 110. The Morgan fingerprint density at radius 2 is 0.646 bits per heavy atom. The second-order valence-electron chi connectivity index (χ2n) is 40.5. The van der Waals surface area contributed by atoms with E-state index in [1.165, 1.54) is 111 Å². The van der Waals surface area contributed by atoms with Crippen LogP contribution in [0.3, 0.4) is 0 Å². The van der Waals surface area contributed by atoms with Crippen molar-refractivity contribution in [1.82, 2.24) is 44.4 Å². The van der Waals surface area contributed by atoms with Crippen molar-refractivity contribution >= 4 is 74.8 Å². The molecule has 0 saturated heterocycles. The molecule has 0 amide bonds. The summed E-state index contributed by atoms with van der Waals surface area (Å²) in [5.74, 6) is 4.84. The first-order valence-electron chi connectivity index (χ1n) is 55.4. The predicted octanol–water partition coefficient (Wildman–Crippen LogP) is 30.4. The van der Waals surface area contributed by atoms with Crippen molar-refractivity contribution in [2.45, 2.75) is 164 Å². The fourth-order valence-corrected chi connectivity index (χ4v) is 26.0. The van der Waals surface area contributed by atoms with E-state index in [1.54, 1.807) is 84.1 Å². The largest absolute Gasteiger partial charge is 0.351 e. The SMILES string of the molecule is CCCc1cc(-c2[c-]cccc2)ncc1[Si](C)(C)C.CCc1cc(-c2[c-]cccc2)ncc1[Si](C)(C)C.CCc1cc(-c2[c-]cccc2)ncc1[Si](C)(C)C.C[Si](C)(C)c1cnc(-c2[c-]cc3c(c2)c2ccccc2n3-c2ccccc2)cc1CC1C2CC3CC(C2)CC1C3.[2H]c1[c-]c(-c2ccccn2)c([2H])c([2H])c1[2H].[2H]c1[c-]c(-c2ccccn2)c([2H])c([2H])c1[2H].[2H]c1[c-]c(-c2ccccn2)cc([2H])c1[2H].[Ir].[Ir].[Ir].[Ir].[c-]1ccccc1-c1ccccn1. The minimum absolute atomic E-state index is 0. The summed E-state index contributed by atoms with van der Waals surface area (Å²) in [4.78, 5) is 35.4. The van der Waals surface area contributed by atoms with Crippen LogP contribution < -0.4 is 20.7 Å². The number of hydrogen-bond acceptors (Lipinski definition) is 8. The third-order valence-corrected chi connectivity index (χ3v) is 34.4. The molecule has 0 atom stereocenters. The van der Waals surface area contributed by atoms with E-state index in [0.717, 1.165) is 105 Å². The molecule has 9 nitrogen and oxygen atoms in total. The van der Waals surface area contributed by atoms with E-state index in [0.29, 0.717) is 33.8 Å². The average Bonchev–Trinajstić information content (AvgIpc) is 1.61. The van der Waals surface area contributed by atoms with Crippen LogP contribution in [0.1, 0.15) is 96.6 Å². The molecule has 10 aromatic carbocycles. The van der Waals surface area contributed by atoms with Gasteiger partial charge in [0.2, 0.25) is 0 Å². The van der Waals surface area contributed by atoms with Gasteiger partial charge in [-0.1, -0.05) is 243 Å². The number of aryl methyl sites for hydroxylation is 3. The van der Waals surface area contributed by atoms with Gasteiger partial charge in [-0.25, -0.2) is 0 Å². The molecule has 23 rings (SSSR count). The van der Waals surface area contributed by atoms with Gasteiger partial charge in [0.15, 0.2) is 0 Å². The summed E-state index contributed by atoms with van der Waals surface area (Å²) in [5.41, 5.74) is 23.0. The monoisotopic (exact) mass is 2710 g/mol. The first-order chi connectivity index (χ1) is 73.8. The van der Waals surface area contributed by atoms with E-state index in [9.17, 15) is 0 Å². The normalized spacial score (nSPS) is 15.5. The minimum atomic E-state index is -1.52. The Balaban J connectivity index is 0.000000176. The minimum Gasteiger partial charge on any atom is -0.351 e. The number of fused-ring (bicyclic) bond motifs is 3. The fourth-order valence-electron chi connectivity index (χ4n) is 19.5. The van der Waals surface area contributed by atoms with E-state index in [1.807, 2.05) is 103 Å². The van der Waals surface area contributed by atoms with Gasteiger partial charge in [0.05, 0.1) is 32.3 Å². The molecular formula is C130H133Ir4N9Si4-8. The van der Waals surface area contributed by atoms with Gasteiger partial charge >= 0.3 is 0 Å². The summed E-state index contributed by atoms with van der Waals surface area (Å²) in [6.45, 7) is 35.5. The van der Waals surface area contributed by atoms with Crippen LogP contribution in [0.15, 0.2) is 383 Å². The molecule has 0 N–H and O–H groups in total. The van der Waals surface area contributed by atoms with Crippen molar-refractivity contribution in [3.8, 4) is 95.7 Å². The second-order valence-corrected chi connectivity index (χ2v) is 60.7. The van der Waals surface area contributed by atoms with Crippen molar-refractivity contribution in [1.29, 1.82) is 0 Å². The Morgan fingerprint density at radius 3 is 1.03 bits per heavy atom. The molecule has 19 aromatic rings. The van der Waals surface area contributed by atoms with Crippen LogP contribution in [0, 0.1) is 78.1 Å². The summed E-state index contributed by atoms with van der Waals surface area (Å²) < 4.78 is 84.9. The predicted molar refractivity (Wildman–Crippen MR) is 611 cm³/mol. The van der Waals surface area contributed by atoms with Crippen LogP contribution in [-0.2, 0) is 106 Å². The van der Waals surface area contributed by atoms with Crippen molar-refractivity contribution in [2.24, 2.45) is 29.6 Å². The number of nitrogens with zero attached hydrogens (tertiary/aromatic N) is 9. The Hall–Kier alpha value is -11.3. The van der Waals surface area contributed by atoms with Gasteiger partial charge in [-0.15, -0.1) is 275 Å². The maximum absolute atomic E-state index is 7.71. The maximum atomic E-state index is 7.71. The van der Waals surface area contributed by atoms with Crippen molar-refractivity contribution in [3.05, 3.63) is 454 Å². The van der Waals surface area contributed by atoms with Gasteiger partial charge in [0.1, 0.15) is 0 Å². The Labute approximate surface area is 949 Å². The zero-order valence-corrected chi connectivity index (χ0v) is 99.9. The summed E-state index contributed by atoms with van der Waals surface area (Å²) in [6, 6.07) is 111. The first kappa shape index (κ1) is 100. The van der Waals surface area contributed by atoms with E-state index < -0.39 is 32.3 Å². The summed E-state index contributed by atoms with van der Waals surface area (Å²) in [6.07, 6.45) is 28.3. The molecule has 4 bridgehead atoms. The second kappa shape index (κ2) is 56.3. The number of hydrogen-bond donors (Lipinski definition) is 0. The molecule has 4 radical (unpaired) electrons. The Bertz CT molecular complexity index is 7630. The quantitative estimate of drug-likeness (QED) is 0.0582. The van der Waals surface area contributed by atoms with E-state index in [4.69, 9.17) is 20.1 Å². The third-order valence-electron chi connectivity index (χ3n) is 26.2. The van der Waals surface area contributed by atoms with Gasteiger partial charge in [-0.2, -0.15) is 0 Å². The number of aromatic nitrogens is 9. The maximum Gasteiger partial charge on any atom is 0.0798 e. The van der Waals surface area contributed by atoms with Crippen LogP contribution in [0.5, 0.6) is 0 Å². The van der Waals surface area contributed by atoms with Gasteiger partial charge in [0, 0.05) is 149 Å². The smallest absolute Gasteiger partial charge is 0.0798 e. The van der Waals surface area contributed by atoms with Crippen LogP contribution in [-0.4, -0.2) is 76.7 Å². The first-order valence-corrected chi connectivity index (χ1v) is 63.9. The molecule has 4 fully saturated rings. The van der Waals surface area contributed by atoms with Crippen LogP contribution >= 0.6 is 0 Å². The molecule has 9 aromatic heterocycles. The summed E-state index contributed by atoms with van der Waals surface area (Å²) >= 11 is 0. The van der Waals surface area contributed by atoms with Crippen molar-refractivity contribution < 1.29 is 95.5 Å². The topological polar surface area (TPSA) is 108 Å². The molecule has 4 aliphatic rings. The number of pyridine rings is 8. The molecule has 758 valence electrons. The molecule has 0 spiro atoms.